The van der Waals surface area contributed by atoms with Crippen LogP contribution in [0.15, 0.2) is 59.8 Å². The lowest BCUT2D eigenvalue weighted by Gasteiger charge is -2.38. The Hall–Kier alpha value is -3.10. The number of carbonyl (C=O) groups excluding carboxylic acids is 2. The first-order chi connectivity index (χ1) is 15.9. The molecule has 2 amide bonds. The van der Waals surface area contributed by atoms with Gasteiger partial charge in [0.1, 0.15) is 5.82 Å². The molecule has 0 saturated carbocycles. The first kappa shape index (κ1) is 23.1. The molecule has 1 fully saturated rings. The van der Waals surface area contributed by atoms with Gasteiger partial charge in [-0.05, 0) is 48.9 Å². The highest BCUT2D eigenvalue weighted by atomic mass is 35.5. The van der Waals surface area contributed by atoms with Crippen LogP contribution in [0.25, 0.3) is 0 Å². The van der Waals surface area contributed by atoms with Gasteiger partial charge in [-0.25, -0.2) is 14.0 Å². The number of piperazine rings is 1. The normalized spacial score (nSPS) is 19.2. The summed E-state index contributed by atoms with van der Waals surface area (Å²) in [7, 11) is 0. The van der Waals surface area contributed by atoms with E-state index in [0.29, 0.717) is 28.4 Å². The Morgan fingerprint density at radius 1 is 1.15 bits per heavy atom. The van der Waals surface area contributed by atoms with Gasteiger partial charge in [-0.15, -0.1) is 0 Å². The van der Waals surface area contributed by atoms with E-state index in [0.717, 1.165) is 31.9 Å². The number of esters is 1. The molecule has 0 spiro atoms. The van der Waals surface area contributed by atoms with Gasteiger partial charge in [0.25, 0.3) is 0 Å². The van der Waals surface area contributed by atoms with Crippen LogP contribution in [0.4, 0.5) is 14.9 Å². The maximum atomic E-state index is 13.9. The van der Waals surface area contributed by atoms with Crippen LogP contribution >= 0.6 is 11.6 Å². The van der Waals surface area contributed by atoms with E-state index >= 15 is 0 Å². The molecule has 0 bridgehead atoms. The number of benzene rings is 2. The first-order valence-corrected chi connectivity index (χ1v) is 11.3. The SMILES string of the molecule is CCOC(=O)C1=C(CN2CCN(c3ccc(Cl)cc3)CC2)NC(=O)NC1c1cccc(F)c1. The Bertz CT molecular complexity index is 1050. The number of rotatable bonds is 6. The summed E-state index contributed by atoms with van der Waals surface area (Å²) < 4.78 is 19.2. The minimum absolute atomic E-state index is 0.194. The lowest BCUT2D eigenvalue weighted by Crippen LogP contribution is -2.51. The Kier molecular flexibility index (Phi) is 7.15. The smallest absolute Gasteiger partial charge is 0.338 e. The second-order valence-electron chi connectivity index (χ2n) is 7.94. The van der Waals surface area contributed by atoms with Crippen LogP contribution < -0.4 is 15.5 Å². The molecule has 2 aromatic rings. The number of ether oxygens (including phenoxy) is 1. The summed E-state index contributed by atoms with van der Waals surface area (Å²) in [6, 6.07) is 12.4. The molecular weight excluding hydrogens is 447 g/mol. The van der Waals surface area contributed by atoms with E-state index in [-0.39, 0.29) is 6.61 Å². The van der Waals surface area contributed by atoms with Gasteiger partial charge >= 0.3 is 12.0 Å². The van der Waals surface area contributed by atoms with Gasteiger partial charge in [-0.2, -0.15) is 0 Å². The number of anilines is 1. The van der Waals surface area contributed by atoms with Gasteiger partial charge in [0, 0.05) is 49.1 Å². The summed E-state index contributed by atoms with van der Waals surface area (Å²) in [6.07, 6.45) is 0. The van der Waals surface area contributed by atoms with E-state index in [9.17, 15) is 14.0 Å². The molecule has 0 radical (unpaired) electrons. The number of amides is 2. The van der Waals surface area contributed by atoms with Crippen molar-refractivity contribution < 1.29 is 18.7 Å². The summed E-state index contributed by atoms with van der Waals surface area (Å²) >= 11 is 5.99. The molecule has 2 aromatic carbocycles. The number of hydrogen-bond acceptors (Lipinski definition) is 5. The van der Waals surface area contributed by atoms with E-state index < -0.39 is 23.9 Å². The number of nitrogens with one attached hydrogen (secondary N) is 2. The molecule has 1 atom stereocenters. The summed E-state index contributed by atoms with van der Waals surface area (Å²) in [5.74, 6) is -0.975. The van der Waals surface area contributed by atoms with Crippen LogP contribution in [0.1, 0.15) is 18.5 Å². The summed E-state index contributed by atoms with van der Waals surface area (Å²) in [6.45, 7) is 5.37. The molecule has 0 aliphatic carbocycles. The van der Waals surface area contributed by atoms with E-state index in [4.69, 9.17) is 16.3 Å². The zero-order chi connectivity index (χ0) is 23.4. The fourth-order valence-corrected chi connectivity index (χ4v) is 4.29. The van der Waals surface area contributed by atoms with Crippen LogP contribution in [0.3, 0.4) is 0 Å². The second kappa shape index (κ2) is 10.2. The Morgan fingerprint density at radius 2 is 1.88 bits per heavy atom. The lowest BCUT2D eigenvalue weighted by atomic mass is 9.94. The minimum Gasteiger partial charge on any atom is -0.463 e. The third kappa shape index (κ3) is 5.46. The van der Waals surface area contributed by atoms with Crippen LogP contribution in [-0.4, -0.2) is 56.2 Å². The fraction of sp³-hybridized carbons (Fsp3) is 0.333. The molecular formula is C24H26ClFN4O3. The van der Waals surface area contributed by atoms with Crippen LogP contribution in [0.2, 0.25) is 5.02 Å². The van der Waals surface area contributed by atoms with Crippen molar-refractivity contribution in [3.8, 4) is 0 Å². The summed E-state index contributed by atoms with van der Waals surface area (Å²) in [4.78, 5) is 29.8. The van der Waals surface area contributed by atoms with Crippen molar-refractivity contribution in [3.63, 3.8) is 0 Å². The van der Waals surface area contributed by atoms with Crippen LogP contribution in [-0.2, 0) is 9.53 Å². The average Bonchev–Trinajstić information content (AvgIpc) is 2.80. The topological polar surface area (TPSA) is 73.9 Å². The fourth-order valence-electron chi connectivity index (χ4n) is 4.17. The molecule has 33 heavy (non-hydrogen) atoms. The summed E-state index contributed by atoms with van der Waals surface area (Å²) in [5.41, 5.74) is 2.36. The van der Waals surface area contributed by atoms with Gasteiger partial charge in [-0.3, -0.25) is 4.90 Å². The Balaban J connectivity index is 1.55. The van der Waals surface area contributed by atoms with E-state index in [2.05, 4.69) is 20.4 Å². The van der Waals surface area contributed by atoms with Crippen molar-refractivity contribution in [3.05, 3.63) is 76.2 Å². The van der Waals surface area contributed by atoms with Gasteiger partial charge in [0.05, 0.1) is 18.2 Å². The second-order valence-corrected chi connectivity index (χ2v) is 8.38. The number of hydrogen-bond donors (Lipinski definition) is 2. The van der Waals surface area contributed by atoms with Crippen molar-refractivity contribution in [1.29, 1.82) is 0 Å². The van der Waals surface area contributed by atoms with Crippen molar-refractivity contribution in [2.75, 3.05) is 44.2 Å². The summed E-state index contributed by atoms with van der Waals surface area (Å²) in [5, 5.41) is 6.22. The van der Waals surface area contributed by atoms with Gasteiger partial charge in [0.15, 0.2) is 0 Å². The third-order valence-electron chi connectivity index (χ3n) is 5.78. The molecule has 7 nitrogen and oxygen atoms in total. The molecule has 9 heteroatoms. The molecule has 4 rings (SSSR count). The Labute approximate surface area is 197 Å². The molecule has 2 heterocycles. The highest BCUT2D eigenvalue weighted by molar-refractivity contribution is 6.30. The predicted octanol–water partition coefficient (Wildman–Crippen LogP) is 3.47. The molecule has 2 aliphatic rings. The number of halogens is 2. The van der Waals surface area contributed by atoms with Gasteiger partial charge in [0.2, 0.25) is 0 Å². The van der Waals surface area contributed by atoms with E-state index in [1.165, 1.54) is 12.1 Å². The average molecular weight is 473 g/mol. The minimum atomic E-state index is -0.793. The van der Waals surface area contributed by atoms with E-state index in [1.807, 2.05) is 24.3 Å². The van der Waals surface area contributed by atoms with Crippen LogP contribution in [0, 0.1) is 5.82 Å². The molecule has 2 N–H and O–H groups in total. The molecule has 1 unspecified atom stereocenters. The maximum Gasteiger partial charge on any atom is 0.338 e. The Morgan fingerprint density at radius 3 is 2.55 bits per heavy atom. The number of urea groups is 1. The quantitative estimate of drug-likeness (QED) is 0.630. The standard InChI is InChI=1S/C24H26ClFN4O3/c1-2-33-23(31)21-20(27-24(32)28-22(21)16-4-3-5-18(26)14-16)15-29-10-12-30(13-11-29)19-8-6-17(25)7-9-19/h3-9,14,22H,2,10-13,15H2,1H3,(H2,27,28,32). The molecule has 2 aliphatic heterocycles. The molecule has 0 aromatic heterocycles. The van der Waals surface area contributed by atoms with Gasteiger partial charge in [-0.1, -0.05) is 23.7 Å². The van der Waals surface area contributed by atoms with Crippen LogP contribution in [0.5, 0.6) is 0 Å². The molecule has 1 saturated heterocycles. The molecule has 174 valence electrons. The van der Waals surface area contributed by atoms with Crippen molar-refractivity contribution in [1.82, 2.24) is 15.5 Å². The monoisotopic (exact) mass is 472 g/mol. The maximum absolute atomic E-state index is 13.9. The third-order valence-corrected chi connectivity index (χ3v) is 6.03. The highest BCUT2D eigenvalue weighted by Crippen LogP contribution is 2.29. The number of carbonyl (C=O) groups is 2. The lowest BCUT2D eigenvalue weighted by molar-refractivity contribution is -0.139. The first-order valence-electron chi connectivity index (χ1n) is 10.9. The zero-order valence-electron chi connectivity index (χ0n) is 18.3. The van der Waals surface area contributed by atoms with Crippen molar-refractivity contribution in [2.45, 2.75) is 13.0 Å². The van der Waals surface area contributed by atoms with Crippen molar-refractivity contribution >= 4 is 29.3 Å². The predicted molar refractivity (Wildman–Crippen MR) is 125 cm³/mol. The zero-order valence-corrected chi connectivity index (χ0v) is 19.1. The van der Waals surface area contributed by atoms with Gasteiger partial charge < -0.3 is 20.3 Å². The number of nitrogens with zero attached hydrogens (tertiary/aromatic N) is 2. The van der Waals surface area contributed by atoms with E-state index in [1.54, 1.807) is 19.1 Å². The highest BCUT2D eigenvalue weighted by Gasteiger charge is 2.34. The van der Waals surface area contributed by atoms with Crippen molar-refractivity contribution in [2.24, 2.45) is 0 Å². The largest absolute Gasteiger partial charge is 0.463 e.